The van der Waals surface area contributed by atoms with Crippen molar-refractivity contribution < 1.29 is 19.1 Å². The van der Waals surface area contributed by atoms with E-state index in [0.29, 0.717) is 23.8 Å². The van der Waals surface area contributed by atoms with Crippen molar-refractivity contribution in [2.45, 2.75) is 33.1 Å². The summed E-state index contributed by atoms with van der Waals surface area (Å²) in [6.07, 6.45) is 2.48. The first-order valence-corrected chi connectivity index (χ1v) is 9.55. The van der Waals surface area contributed by atoms with Crippen LogP contribution in [0.25, 0.3) is 0 Å². The van der Waals surface area contributed by atoms with E-state index in [-0.39, 0.29) is 37.2 Å². The topological polar surface area (TPSA) is 87.7 Å². The molecule has 0 radical (unpaired) electrons. The molecule has 7 heteroatoms. The molecule has 7 nitrogen and oxygen atoms in total. The Morgan fingerprint density at radius 2 is 1.93 bits per heavy atom. The van der Waals surface area contributed by atoms with Crippen LogP contribution in [0, 0.1) is 5.92 Å². The maximum atomic E-state index is 12.1. The van der Waals surface area contributed by atoms with Gasteiger partial charge in [-0.1, -0.05) is 6.92 Å². The SMILES string of the molecule is CCOc1ccc(C(=O)NCC(=O)NCCC(=O)N2CCCC(C)C2)cc1. The number of carbonyl (C=O) groups excluding carboxylic acids is 3. The van der Waals surface area contributed by atoms with Gasteiger partial charge in [-0.15, -0.1) is 0 Å². The molecule has 2 N–H and O–H groups in total. The largest absolute Gasteiger partial charge is 0.494 e. The highest BCUT2D eigenvalue weighted by Crippen LogP contribution is 2.16. The van der Waals surface area contributed by atoms with Gasteiger partial charge in [0.05, 0.1) is 13.2 Å². The monoisotopic (exact) mass is 375 g/mol. The van der Waals surface area contributed by atoms with E-state index in [1.54, 1.807) is 24.3 Å². The molecule has 0 aliphatic carbocycles. The molecule has 1 aliphatic heterocycles. The molecule has 0 aromatic heterocycles. The maximum absolute atomic E-state index is 12.1. The summed E-state index contributed by atoms with van der Waals surface area (Å²) in [5, 5.41) is 5.25. The average Bonchev–Trinajstić information content (AvgIpc) is 2.67. The second-order valence-corrected chi connectivity index (χ2v) is 6.83. The third-order valence-corrected chi connectivity index (χ3v) is 4.51. The van der Waals surface area contributed by atoms with Crippen LogP contribution in [0.15, 0.2) is 24.3 Å². The van der Waals surface area contributed by atoms with Crippen LogP contribution in [-0.4, -0.2) is 55.4 Å². The number of likely N-dealkylation sites (tertiary alicyclic amines) is 1. The summed E-state index contributed by atoms with van der Waals surface area (Å²) < 4.78 is 5.33. The van der Waals surface area contributed by atoms with E-state index in [1.165, 1.54) is 0 Å². The number of benzene rings is 1. The Bertz CT molecular complexity index is 645. The third kappa shape index (κ3) is 6.92. The highest BCUT2D eigenvalue weighted by Gasteiger charge is 2.20. The zero-order valence-corrected chi connectivity index (χ0v) is 16.1. The van der Waals surface area contributed by atoms with Gasteiger partial charge in [-0.25, -0.2) is 0 Å². The average molecular weight is 375 g/mol. The summed E-state index contributed by atoms with van der Waals surface area (Å²) in [5.74, 6) is 0.663. The van der Waals surface area contributed by atoms with Gasteiger partial charge >= 0.3 is 0 Å². The molecule has 1 heterocycles. The third-order valence-electron chi connectivity index (χ3n) is 4.51. The number of nitrogens with one attached hydrogen (secondary N) is 2. The number of ether oxygens (including phenoxy) is 1. The van der Waals surface area contributed by atoms with Crippen molar-refractivity contribution in [1.29, 1.82) is 0 Å². The summed E-state index contributed by atoms with van der Waals surface area (Å²) in [5.41, 5.74) is 0.459. The number of piperidine rings is 1. The van der Waals surface area contributed by atoms with E-state index in [2.05, 4.69) is 17.6 Å². The minimum absolute atomic E-state index is 0.0697. The van der Waals surface area contributed by atoms with Crippen molar-refractivity contribution in [2.75, 3.05) is 32.8 Å². The van der Waals surface area contributed by atoms with Crippen molar-refractivity contribution in [3.05, 3.63) is 29.8 Å². The zero-order valence-electron chi connectivity index (χ0n) is 16.1. The van der Waals surface area contributed by atoms with Crippen molar-refractivity contribution in [3.63, 3.8) is 0 Å². The molecule has 27 heavy (non-hydrogen) atoms. The Balaban J connectivity index is 1.65. The first-order chi connectivity index (χ1) is 13.0. The van der Waals surface area contributed by atoms with Gasteiger partial charge < -0.3 is 20.3 Å². The minimum Gasteiger partial charge on any atom is -0.494 e. The van der Waals surface area contributed by atoms with Crippen LogP contribution in [-0.2, 0) is 9.59 Å². The molecule has 1 fully saturated rings. The van der Waals surface area contributed by atoms with Crippen molar-refractivity contribution in [3.8, 4) is 5.75 Å². The standard InChI is InChI=1S/C20H29N3O4/c1-3-27-17-8-6-16(7-9-17)20(26)22-13-18(24)21-11-10-19(25)23-12-4-5-15(2)14-23/h6-9,15H,3-5,10-14H2,1-2H3,(H,21,24)(H,22,26). The van der Waals surface area contributed by atoms with E-state index in [4.69, 9.17) is 4.74 Å². The van der Waals surface area contributed by atoms with E-state index < -0.39 is 0 Å². The molecule has 1 aliphatic rings. The lowest BCUT2D eigenvalue weighted by atomic mass is 10.00. The minimum atomic E-state index is -0.327. The first kappa shape index (κ1) is 20.7. The molecule has 1 aromatic carbocycles. The van der Waals surface area contributed by atoms with Crippen LogP contribution in [0.1, 0.15) is 43.5 Å². The van der Waals surface area contributed by atoms with Crippen LogP contribution in [0.5, 0.6) is 5.75 Å². The maximum Gasteiger partial charge on any atom is 0.251 e. The smallest absolute Gasteiger partial charge is 0.251 e. The van der Waals surface area contributed by atoms with Gasteiger partial charge in [-0.3, -0.25) is 14.4 Å². The van der Waals surface area contributed by atoms with Crippen molar-refractivity contribution in [2.24, 2.45) is 5.92 Å². The molecule has 1 unspecified atom stereocenters. The van der Waals surface area contributed by atoms with Gasteiger partial charge in [-0.05, 0) is 49.9 Å². The predicted molar refractivity (Wildman–Crippen MR) is 103 cm³/mol. The Morgan fingerprint density at radius 3 is 2.59 bits per heavy atom. The van der Waals surface area contributed by atoms with Gasteiger partial charge in [0.2, 0.25) is 11.8 Å². The van der Waals surface area contributed by atoms with Gasteiger partial charge in [0, 0.05) is 31.6 Å². The second-order valence-electron chi connectivity index (χ2n) is 6.83. The Labute approximate surface area is 160 Å². The highest BCUT2D eigenvalue weighted by molar-refractivity contribution is 5.96. The summed E-state index contributed by atoms with van der Waals surface area (Å²) in [6, 6.07) is 6.73. The molecule has 0 bridgehead atoms. The van der Waals surface area contributed by atoms with Crippen LogP contribution >= 0.6 is 0 Å². The van der Waals surface area contributed by atoms with Crippen LogP contribution in [0.4, 0.5) is 0 Å². The number of rotatable bonds is 8. The molecule has 3 amide bonds. The van der Waals surface area contributed by atoms with Gasteiger partial charge in [-0.2, -0.15) is 0 Å². The summed E-state index contributed by atoms with van der Waals surface area (Å²) in [7, 11) is 0. The van der Waals surface area contributed by atoms with E-state index in [0.717, 1.165) is 25.9 Å². The number of hydrogen-bond donors (Lipinski definition) is 2. The fraction of sp³-hybridized carbons (Fsp3) is 0.550. The molecule has 2 rings (SSSR count). The van der Waals surface area contributed by atoms with Gasteiger partial charge in [0.25, 0.3) is 5.91 Å². The van der Waals surface area contributed by atoms with Crippen molar-refractivity contribution in [1.82, 2.24) is 15.5 Å². The van der Waals surface area contributed by atoms with Crippen LogP contribution in [0.3, 0.4) is 0 Å². The molecule has 0 spiro atoms. The molecule has 0 saturated carbocycles. The van der Waals surface area contributed by atoms with Gasteiger partial charge in [0.1, 0.15) is 5.75 Å². The lowest BCUT2D eigenvalue weighted by Gasteiger charge is -2.31. The first-order valence-electron chi connectivity index (χ1n) is 9.55. The van der Waals surface area contributed by atoms with E-state index >= 15 is 0 Å². The fourth-order valence-corrected chi connectivity index (χ4v) is 3.08. The fourth-order valence-electron chi connectivity index (χ4n) is 3.08. The second kappa shape index (κ2) is 10.5. The number of nitrogens with zero attached hydrogens (tertiary/aromatic N) is 1. The summed E-state index contributed by atoms with van der Waals surface area (Å²) in [6.45, 7) is 6.35. The zero-order chi connectivity index (χ0) is 19.6. The van der Waals surface area contributed by atoms with Gasteiger partial charge in [0.15, 0.2) is 0 Å². The molecule has 1 saturated heterocycles. The molecule has 1 atom stereocenters. The van der Waals surface area contributed by atoms with Crippen LogP contribution < -0.4 is 15.4 Å². The number of carbonyl (C=O) groups is 3. The highest BCUT2D eigenvalue weighted by atomic mass is 16.5. The quantitative estimate of drug-likeness (QED) is 0.722. The molecular weight excluding hydrogens is 346 g/mol. The van der Waals surface area contributed by atoms with E-state index in [1.807, 2.05) is 11.8 Å². The Morgan fingerprint density at radius 1 is 1.19 bits per heavy atom. The van der Waals surface area contributed by atoms with Crippen LogP contribution in [0.2, 0.25) is 0 Å². The Hall–Kier alpha value is -2.57. The number of amides is 3. The van der Waals surface area contributed by atoms with Crippen molar-refractivity contribution >= 4 is 17.7 Å². The number of hydrogen-bond acceptors (Lipinski definition) is 4. The normalized spacial score (nSPS) is 16.5. The predicted octanol–water partition coefficient (Wildman–Crippen LogP) is 1.58. The summed E-state index contributed by atoms with van der Waals surface area (Å²) in [4.78, 5) is 37.9. The summed E-state index contributed by atoms with van der Waals surface area (Å²) >= 11 is 0. The molecule has 148 valence electrons. The lowest BCUT2D eigenvalue weighted by Crippen LogP contribution is -2.42. The molecular formula is C20H29N3O4. The Kier molecular flexibility index (Phi) is 8.10. The lowest BCUT2D eigenvalue weighted by molar-refractivity contribution is -0.132. The molecule has 1 aromatic rings. The van der Waals surface area contributed by atoms with E-state index in [9.17, 15) is 14.4 Å².